The minimum absolute atomic E-state index is 0.0296. The van der Waals surface area contributed by atoms with Crippen LogP contribution >= 0.6 is 0 Å². The minimum Gasteiger partial charge on any atom is -0.396 e. The highest BCUT2D eigenvalue weighted by Crippen LogP contribution is 2.32. The maximum atomic E-state index is 11.1. The first-order chi connectivity index (χ1) is 8.77. The van der Waals surface area contributed by atoms with E-state index in [1.165, 1.54) is 0 Å². The van der Waals surface area contributed by atoms with Gasteiger partial charge in [0.25, 0.3) is 5.69 Å². The van der Waals surface area contributed by atoms with Crippen LogP contribution in [0.4, 0.5) is 11.4 Å². The summed E-state index contributed by atoms with van der Waals surface area (Å²) in [7, 11) is 0. The number of para-hydroxylation sites is 1. The van der Waals surface area contributed by atoms with E-state index in [9.17, 15) is 10.1 Å². The van der Waals surface area contributed by atoms with Gasteiger partial charge in [0.2, 0.25) is 0 Å². The second kappa shape index (κ2) is 6.02. The number of nitro groups is 1. The van der Waals surface area contributed by atoms with Gasteiger partial charge in [0.15, 0.2) is 0 Å². The van der Waals surface area contributed by atoms with Crippen molar-refractivity contribution in [1.82, 2.24) is 0 Å². The predicted molar refractivity (Wildman–Crippen MR) is 76.4 cm³/mol. The van der Waals surface area contributed by atoms with Crippen molar-refractivity contribution >= 4 is 11.4 Å². The molecule has 0 heterocycles. The Labute approximate surface area is 113 Å². The quantitative estimate of drug-likeness (QED) is 0.634. The third-order valence-electron chi connectivity index (χ3n) is 3.21. The van der Waals surface area contributed by atoms with Crippen molar-refractivity contribution in [1.29, 1.82) is 0 Å². The molecule has 0 aliphatic rings. The number of benzene rings is 1. The molecule has 1 atom stereocenters. The molecular weight excluding hydrogens is 244 g/mol. The Kier molecular flexibility index (Phi) is 4.89. The molecule has 0 aliphatic carbocycles. The number of hydrogen-bond donors (Lipinski definition) is 2. The summed E-state index contributed by atoms with van der Waals surface area (Å²) in [5, 5.41) is 23.5. The molecule has 5 heteroatoms. The molecule has 0 fully saturated rings. The molecule has 0 aromatic heterocycles. The number of aryl methyl sites for hydroxylation is 1. The van der Waals surface area contributed by atoms with Crippen LogP contribution in [0.15, 0.2) is 18.2 Å². The van der Waals surface area contributed by atoms with E-state index in [2.05, 4.69) is 5.32 Å². The van der Waals surface area contributed by atoms with Gasteiger partial charge in [-0.15, -0.1) is 0 Å². The molecule has 0 amide bonds. The molecule has 106 valence electrons. The first-order valence-electron chi connectivity index (χ1n) is 6.38. The largest absolute Gasteiger partial charge is 0.396 e. The summed E-state index contributed by atoms with van der Waals surface area (Å²) in [6.07, 6.45) is 0.550. The molecule has 2 N–H and O–H groups in total. The molecule has 19 heavy (non-hydrogen) atoms. The Morgan fingerprint density at radius 2 is 2.05 bits per heavy atom. The molecule has 0 spiro atoms. The third kappa shape index (κ3) is 3.92. The maximum Gasteiger partial charge on any atom is 0.295 e. The lowest BCUT2D eigenvalue weighted by atomic mass is 9.84. The first kappa shape index (κ1) is 15.4. The lowest BCUT2D eigenvalue weighted by Crippen LogP contribution is -2.35. The van der Waals surface area contributed by atoms with Crippen molar-refractivity contribution in [3.05, 3.63) is 33.9 Å². The number of hydrogen-bond acceptors (Lipinski definition) is 4. The fourth-order valence-corrected chi connectivity index (χ4v) is 2.06. The van der Waals surface area contributed by atoms with Gasteiger partial charge in [-0.3, -0.25) is 10.1 Å². The van der Waals surface area contributed by atoms with Gasteiger partial charge in [0.1, 0.15) is 5.69 Å². The van der Waals surface area contributed by atoms with Gasteiger partial charge in [-0.05, 0) is 24.8 Å². The highest BCUT2D eigenvalue weighted by Gasteiger charge is 2.27. The van der Waals surface area contributed by atoms with Crippen LogP contribution in [0.1, 0.15) is 32.8 Å². The van der Waals surface area contributed by atoms with E-state index in [-0.39, 0.29) is 28.7 Å². The molecule has 0 bridgehead atoms. The first-order valence-corrected chi connectivity index (χ1v) is 6.38. The van der Waals surface area contributed by atoms with Gasteiger partial charge in [-0.2, -0.15) is 0 Å². The lowest BCUT2D eigenvalue weighted by molar-refractivity contribution is -0.384. The highest BCUT2D eigenvalue weighted by atomic mass is 16.6. The van der Waals surface area contributed by atoms with Crippen LogP contribution in [0.5, 0.6) is 0 Å². The zero-order valence-electron chi connectivity index (χ0n) is 11.9. The second-order valence-corrected chi connectivity index (χ2v) is 5.80. The van der Waals surface area contributed by atoms with Gasteiger partial charge < -0.3 is 10.4 Å². The Hall–Kier alpha value is -1.62. The van der Waals surface area contributed by atoms with Crippen LogP contribution in [0.3, 0.4) is 0 Å². The van der Waals surface area contributed by atoms with E-state index < -0.39 is 0 Å². The van der Waals surface area contributed by atoms with Crippen LogP contribution < -0.4 is 5.32 Å². The van der Waals surface area contributed by atoms with Crippen LogP contribution in [-0.2, 0) is 0 Å². The molecule has 5 nitrogen and oxygen atoms in total. The number of anilines is 1. The molecule has 0 saturated heterocycles. The summed E-state index contributed by atoms with van der Waals surface area (Å²) >= 11 is 0. The van der Waals surface area contributed by atoms with E-state index in [0.717, 1.165) is 0 Å². The molecule has 0 radical (unpaired) electrons. The number of nitrogens with zero attached hydrogens (tertiary/aromatic N) is 1. The standard InChI is InChI=1S/C14H22N2O3/c1-10-6-5-7-11(13(10)16(18)19)15-12(8-9-17)14(2,3)4/h5-7,12,15,17H,8-9H2,1-4H3. The SMILES string of the molecule is Cc1cccc(NC(CCO)C(C)(C)C)c1[N+](=O)[O-]. The van der Waals surface area contributed by atoms with Crippen LogP contribution in [0.25, 0.3) is 0 Å². The molecule has 1 aromatic carbocycles. The van der Waals surface area contributed by atoms with Crippen LogP contribution in [-0.4, -0.2) is 22.7 Å². The molecular formula is C14H22N2O3. The summed E-state index contributed by atoms with van der Waals surface area (Å²) < 4.78 is 0. The van der Waals surface area contributed by atoms with E-state index in [0.29, 0.717) is 17.7 Å². The normalized spacial score (nSPS) is 13.1. The number of rotatable bonds is 5. The zero-order valence-corrected chi connectivity index (χ0v) is 11.9. The topological polar surface area (TPSA) is 75.4 Å². The molecule has 0 aliphatic heterocycles. The number of aliphatic hydroxyl groups is 1. The average molecular weight is 266 g/mol. The van der Waals surface area contributed by atoms with Gasteiger partial charge in [0.05, 0.1) is 4.92 Å². The van der Waals surface area contributed by atoms with Crippen molar-refractivity contribution < 1.29 is 10.0 Å². The monoisotopic (exact) mass is 266 g/mol. The molecule has 1 aromatic rings. The zero-order chi connectivity index (χ0) is 14.6. The van der Waals surface area contributed by atoms with E-state index >= 15 is 0 Å². The van der Waals surface area contributed by atoms with Crippen molar-refractivity contribution in [3.63, 3.8) is 0 Å². The number of aliphatic hydroxyl groups excluding tert-OH is 1. The average Bonchev–Trinajstić information content (AvgIpc) is 2.26. The fourth-order valence-electron chi connectivity index (χ4n) is 2.06. The number of nitro benzene ring substituents is 1. The van der Waals surface area contributed by atoms with Crippen LogP contribution in [0, 0.1) is 22.5 Å². The molecule has 1 unspecified atom stereocenters. The van der Waals surface area contributed by atoms with E-state index in [1.54, 1.807) is 25.1 Å². The lowest BCUT2D eigenvalue weighted by Gasteiger charge is -2.32. The summed E-state index contributed by atoms with van der Waals surface area (Å²) in [5.74, 6) is 0. The molecule has 1 rings (SSSR count). The third-order valence-corrected chi connectivity index (χ3v) is 3.21. The predicted octanol–water partition coefficient (Wildman–Crippen LogP) is 3.11. The van der Waals surface area contributed by atoms with Crippen molar-refractivity contribution in [3.8, 4) is 0 Å². The van der Waals surface area contributed by atoms with Gasteiger partial charge in [0, 0.05) is 18.2 Å². The van der Waals surface area contributed by atoms with Gasteiger partial charge in [-0.25, -0.2) is 0 Å². The highest BCUT2D eigenvalue weighted by molar-refractivity contribution is 5.65. The summed E-state index contributed by atoms with van der Waals surface area (Å²) in [5.41, 5.74) is 1.15. The number of nitrogens with one attached hydrogen (secondary N) is 1. The van der Waals surface area contributed by atoms with Gasteiger partial charge in [-0.1, -0.05) is 32.9 Å². The minimum atomic E-state index is -0.365. The Morgan fingerprint density at radius 3 is 2.53 bits per heavy atom. The Morgan fingerprint density at radius 1 is 1.42 bits per heavy atom. The molecule has 0 saturated carbocycles. The smallest absolute Gasteiger partial charge is 0.295 e. The summed E-state index contributed by atoms with van der Waals surface area (Å²) in [4.78, 5) is 10.8. The Bertz CT molecular complexity index is 452. The van der Waals surface area contributed by atoms with E-state index in [4.69, 9.17) is 5.11 Å². The summed E-state index contributed by atoms with van der Waals surface area (Å²) in [6, 6.07) is 5.20. The van der Waals surface area contributed by atoms with Crippen molar-refractivity contribution in [2.75, 3.05) is 11.9 Å². The fraction of sp³-hybridized carbons (Fsp3) is 0.571. The van der Waals surface area contributed by atoms with Crippen LogP contribution in [0.2, 0.25) is 0 Å². The maximum absolute atomic E-state index is 11.1. The van der Waals surface area contributed by atoms with E-state index in [1.807, 2.05) is 20.8 Å². The Balaban J connectivity index is 3.10. The van der Waals surface area contributed by atoms with Crippen molar-refractivity contribution in [2.45, 2.75) is 40.2 Å². The second-order valence-electron chi connectivity index (χ2n) is 5.80. The van der Waals surface area contributed by atoms with Crippen molar-refractivity contribution in [2.24, 2.45) is 5.41 Å². The van der Waals surface area contributed by atoms with Gasteiger partial charge >= 0.3 is 0 Å². The summed E-state index contributed by atoms with van der Waals surface area (Å²) in [6.45, 7) is 7.90.